The molecule has 0 radical (unpaired) electrons. The zero-order valence-electron chi connectivity index (χ0n) is 17.5. The number of aromatic amines is 1. The molecule has 1 aromatic carbocycles. The van der Waals surface area contributed by atoms with Crippen LogP contribution in [0.2, 0.25) is 0 Å². The number of carbonyl (C=O) groups is 1. The molecule has 0 unspecified atom stereocenters. The first-order chi connectivity index (χ1) is 14.3. The molecule has 1 amide bonds. The van der Waals surface area contributed by atoms with Crippen LogP contribution in [0, 0.1) is 17.2 Å². The molecule has 7 nitrogen and oxygen atoms in total. The Morgan fingerprint density at radius 2 is 2.20 bits per heavy atom. The summed E-state index contributed by atoms with van der Waals surface area (Å²) >= 11 is 0. The SMILES string of the molecule is C[C@H](Nc1c(C(=O)NCCC(C)(C)O)cnc2c1[nH]c1cc(C#N)ccc12)C1CC1. The number of anilines is 1. The van der Waals surface area contributed by atoms with Gasteiger partial charge < -0.3 is 20.7 Å². The molecule has 1 atom stereocenters. The van der Waals surface area contributed by atoms with Crippen molar-refractivity contribution >= 4 is 33.5 Å². The van der Waals surface area contributed by atoms with Gasteiger partial charge in [-0.3, -0.25) is 9.78 Å². The fraction of sp³-hybridized carbons (Fsp3) is 0.435. The van der Waals surface area contributed by atoms with E-state index in [4.69, 9.17) is 0 Å². The predicted molar refractivity (Wildman–Crippen MR) is 117 cm³/mol. The van der Waals surface area contributed by atoms with Gasteiger partial charge in [0, 0.05) is 29.7 Å². The number of aromatic nitrogens is 2. The lowest BCUT2D eigenvalue weighted by molar-refractivity contribution is 0.0693. The summed E-state index contributed by atoms with van der Waals surface area (Å²) in [5, 5.41) is 26.5. The summed E-state index contributed by atoms with van der Waals surface area (Å²) in [5.41, 5.74) is 3.29. The van der Waals surface area contributed by atoms with Gasteiger partial charge in [-0.2, -0.15) is 5.26 Å². The number of fused-ring (bicyclic) bond motifs is 3. The number of nitriles is 1. The third kappa shape index (κ3) is 4.10. The molecule has 7 heteroatoms. The number of carbonyl (C=O) groups excluding carboxylic acids is 1. The van der Waals surface area contributed by atoms with Crippen LogP contribution in [0.3, 0.4) is 0 Å². The molecule has 0 aliphatic heterocycles. The van der Waals surface area contributed by atoms with Gasteiger partial charge in [0.25, 0.3) is 5.91 Å². The number of pyridine rings is 1. The molecule has 4 rings (SSSR count). The second-order valence-corrected chi connectivity index (χ2v) is 8.86. The molecule has 2 aromatic heterocycles. The summed E-state index contributed by atoms with van der Waals surface area (Å²) < 4.78 is 0. The van der Waals surface area contributed by atoms with E-state index in [9.17, 15) is 15.2 Å². The van der Waals surface area contributed by atoms with Gasteiger partial charge in [0.15, 0.2) is 0 Å². The van der Waals surface area contributed by atoms with Crippen molar-refractivity contribution in [2.45, 2.75) is 51.7 Å². The van der Waals surface area contributed by atoms with Crippen LogP contribution in [0.25, 0.3) is 21.9 Å². The van der Waals surface area contributed by atoms with Crippen molar-refractivity contribution < 1.29 is 9.90 Å². The summed E-state index contributed by atoms with van der Waals surface area (Å²) in [6.07, 6.45) is 4.44. The first-order valence-electron chi connectivity index (χ1n) is 10.4. The number of aliphatic hydroxyl groups is 1. The average Bonchev–Trinajstić information content (AvgIpc) is 3.47. The molecular formula is C23H27N5O2. The van der Waals surface area contributed by atoms with Crippen LogP contribution in [-0.4, -0.2) is 39.2 Å². The molecule has 4 N–H and O–H groups in total. The Hall–Kier alpha value is -3.11. The van der Waals surface area contributed by atoms with Gasteiger partial charge >= 0.3 is 0 Å². The Morgan fingerprint density at radius 1 is 1.43 bits per heavy atom. The quantitative estimate of drug-likeness (QED) is 0.479. The molecule has 2 heterocycles. The summed E-state index contributed by atoms with van der Waals surface area (Å²) in [7, 11) is 0. The van der Waals surface area contributed by atoms with Crippen LogP contribution >= 0.6 is 0 Å². The van der Waals surface area contributed by atoms with E-state index >= 15 is 0 Å². The average molecular weight is 406 g/mol. The summed E-state index contributed by atoms with van der Waals surface area (Å²) in [6, 6.07) is 7.85. The number of benzene rings is 1. The fourth-order valence-electron chi connectivity index (χ4n) is 3.74. The summed E-state index contributed by atoms with van der Waals surface area (Å²) in [4.78, 5) is 20.9. The molecule has 1 aliphatic rings. The lowest BCUT2D eigenvalue weighted by Crippen LogP contribution is -2.31. The van der Waals surface area contributed by atoms with Crippen LogP contribution in [-0.2, 0) is 0 Å². The predicted octanol–water partition coefficient (Wildman–Crippen LogP) is 3.69. The highest BCUT2D eigenvalue weighted by atomic mass is 16.3. The van der Waals surface area contributed by atoms with Crippen molar-refractivity contribution in [1.29, 1.82) is 5.26 Å². The number of amides is 1. The highest BCUT2D eigenvalue weighted by Gasteiger charge is 2.30. The molecular weight excluding hydrogens is 378 g/mol. The van der Waals surface area contributed by atoms with Crippen molar-refractivity contribution in [2.75, 3.05) is 11.9 Å². The van der Waals surface area contributed by atoms with Gasteiger partial charge in [-0.15, -0.1) is 0 Å². The largest absolute Gasteiger partial charge is 0.390 e. The Balaban J connectivity index is 1.75. The minimum absolute atomic E-state index is 0.226. The molecule has 0 saturated heterocycles. The number of nitrogens with zero attached hydrogens (tertiary/aromatic N) is 2. The smallest absolute Gasteiger partial charge is 0.255 e. The molecule has 0 bridgehead atoms. The number of H-pyrrole nitrogens is 1. The van der Waals surface area contributed by atoms with E-state index < -0.39 is 5.60 Å². The Bertz CT molecular complexity index is 1150. The highest BCUT2D eigenvalue weighted by molar-refractivity contribution is 6.13. The topological polar surface area (TPSA) is 114 Å². The summed E-state index contributed by atoms with van der Waals surface area (Å²) in [6.45, 7) is 5.95. The number of rotatable bonds is 7. The number of hydrogen-bond donors (Lipinski definition) is 4. The Morgan fingerprint density at radius 3 is 2.87 bits per heavy atom. The van der Waals surface area contributed by atoms with Gasteiger partial charge in [-0.05, 0) is 64.2 Å². The van der Waals surface area contributed by atoms with Gasteiger partial charge in [-0.25, -0.2) is 0 Å². The Kier molecular flexibility index (Phi) is 5.12. The normalized spacial score (nSPS) is 15.2. The number of nitrogens with one attached hydrogen (secondary N) is 3. The standard InChI is InChI=1S/C23H27N5O2/c1-13(15-5-6-15)27-20-17(22(29)25-9-8-23(2,3)30)12-26-19-16-7-4-14(11-24)10-18(16)28-21(19)20/h4,7,10,12-13,15,28,30H,5-6,8-9H2,1-3H3,(H,25,29)(H,26,27)/t13-/m0/s1. The van der Waals surface area contributed by atoms with E-state index in [0.29, 0.717) is 30.0 Å². The van der Waals surface area contributed by atoms with Gasteiger partial charge in [-0.1, -0.05) is 0 Å². The minimum Gasteiger partial charge on any atom is -0.390 e. The minimum atomic E-state index is -0.841. The monoisotopic (exact) mass is 405 g/mol. The van der Waals surface area contributed by atoms with Crippen molar-refractivity contribution in [3.05, 3.63) is 35.5 Å². The molecule has 30 heavy (non-hydrogen) atoms. The van der Waals surface area contributed by atoms with Gasteiger partial charge in [0.05, 0.1) is 39.5 Å². The second-order valence-electron chi connectivity index (χ2n) is 8.86. The zero-order valence-corrected chi connectivity index (χ0v) is 17.5. The molecule has 1 saturated carbocycles. The summed E-state index contributed by atoms with van der Waals surface area (Å²) in [5.74, 6) is 0.379. The highest BCUT2D eigenvalue weighted by Crippen LogP contribution is 2.37. The van der Waals surface area contributed by atoms with Crippen molar-refractivity contribution in [3.63, 3.8) is 0 Å². The Labute approximate surface area is 175 Å². The van der Waals surface area contributed by atoms with E-state index in [1.165, 1.54) is 12.8 Å². The van der Waals surface area contributed by atoms with E-state index in [2.05, 4.69) is 33.6 Å². The maximum absolute atomic E-state index is 12.9. The van der Waals surface area contributed by atoms with Crippen molar-refractivity contribution in [3.8, 4) is 6.07 Å². The maximum atomic E-state index is 12.9. The van der Waals surface area contributed by atoms with Crippen LogP contribution in [0.5, 0.6) is 0 Å². The fourth-order valence-corrected chi connectivity index (χ4v) is 3.74. The first kappa shape index (κ1) is 20.2. The molecule has 3 aromatic rings. The third-order valence-electron chi connectivity index (χ3n) is 5.71. The number of hydrogen-bond acceptors (Lipinski definition) is 5. The van der Waals surface area contributed by atoms with Crippen molar-refractivity contribution in [1.82, 2.24) is 15.3 Å². The van der Waals surface area contributed by atoms with Crippen molar-refractivity contribution in [2.24, 2.45) is 5.92 Å². The van der Waals surface area contributed by atoms with Crippen LogP contribution in [0.1, 0.15) is 56.0 Å². The molecule has 1 aliphatic carbocycles. The van der Waals surface area contributed by atoms with Crippen LogP contribution in [0.15, 0.2) is 24.4 Å². The van der Waals surface area contributed by atoms with E-state index in [1.807, 2.05) is 6.07 Å². The van der Waals surface area contributed by atoms with Crippen LogP contribution in [0.4, 0.5) is 5.69 Å². The third-order valence-corrected chi connectivity index (χ3v) is 5.71. The lowest BCUT2D eigenvalue weighted by Gasteiger charge is -2.19. The van der Waals surface area contributed by atoms with E-state index in [1.54, 1.807) is 32.2 Å². The maximum Gasteiger partial charge on any atom is 0.255 e. The lowest BCUT2D eigenvalue weighted by atomic mass is 10.1. The van der Waals surface area contributed by atoms with E-state index in [-0.39, 0.29) is 11.9 Å². The molecule has 156 valence electrons. The van der Waals surface area contributed by atoms with Crippen LogP contribution < -0.4 is 10.6 Å². The molecule has 0 spiro atoms. The van der Waals surface area contributed by atoms with Gasteiger partial charge in [0.2, 0.25) is 0 Å². The molecule has 1 fully saturated rings. The second kappa shape index (κ2) is 7.62. The van der Waals surface area contributed by atoms with Gasteiger partial charge in [0.1, 0.15) is 0 Å². The van der Waals surface area contributed by atoms with E-state index in [0.717, 1.165) is 27.6 Å². The zero-order chi connectivity index (χ0) is 21.5. The first-order valence-corrected chi connectivity index (χ1v) is 10.4.